The molecule has 1 aromatic rings. The quantitative estimate of drug-likeness (QED) is 0.897. The molecule has 4 nitrogen and oxygen atoms in total. The summed E-state index contributed by atoms with van der Waals surface area (Å²) in [5, 5.41) is 3.12. The maximum Gasteiger partial charge on any atom is 0.243 e. The van der Waals surface area contributed by atoms with Gasteiger partial charge < -0.3 is 5.32 Å². The summed E-state index contributed by atoms with van der Waals surface area (Å²) < 4.78 is 51.6. The highest BCUT2D eigenvalue weighted by Crippen LogP contribution is 2.19. The van der Waals surface area contributed by atoms with Crippen molar-refractivity contribution in [2.24, 2.45) is 0 Å². The lowest BCUT2D eigenvalue weighted by atomic mass is 10.3. The van der Waals surface area contributed by atoms with Gasteiger partial charge in [-0.15, -0.1) is 12.4 Å². The predicted octanol–water partition coefficient (Wildman–Crippen LogP) is 1.37. The molecular formula is C11H15ClF2N2O2S. The van der Waals surface area contributed by atoms with E-state index in [2.05, 4.69) is 5.32 Å². The van der Waals surface area contributed by atoms with E-state index in [9.17, 15) is 17.2 Å². The van der Waals surface area contributed by atoms with Crippen LogP contribution in [0.1, 0.15) is 6.92 Å². The molecule has 0 bridgehead atoms. The van der Waals surface area contributed by atoms with Gasteiger partial charge in [0.25, 0.3) is 0 Å². The highest BCUT2D eigenvalue weighted by molar-refractivity contribution is 7.89. The average molecular weight is 313 g/mol. The smallest absolute Gasteiger partial charge is 0.243 e. The molecule has 1 aliphatic rings. The minimum atomic E-state index is -3.75. The Morgan fingerprint density at radius 3 is 2.58 bits per heavy atom. The molecule has 1 fully saturated rings. The van der Waals surface area contributed by atoms with Gasteiger partial charge in [0.1, 0.15) is 0 Å². The van der Waals surface area contributed by atoms with E-state index >= 15 is 0 Å². The molecule has 1 aromatic carbocycles. The Bertz CT molecular complexity index is 554. The van der Waals surface area contributed by atoms with E-state index in [-0.39, 0.29) is 23.3 Å². The average Bonchev–Trinajstić information content (AvgIpc) is 2.32. The Labute approximate surface area is 117 Å². The second-order valence-electron chi connectivity index (χ2n) is 4.29. The number of nitrogens with zero attached hydrogens (tertiary/aromatic N) is 1. The van der Waals surface area contributed by atoms with E-state index in [0.29, 0.717) is 19.6 Å². The van der Waals surface area contributed by atoms with E-state index in [1.165, 1.54) is 4.31 Å². The third-order valence-electron chi connectivity index (χ3n) is 2.86. The Hall–Kier alpha value is -0.760. The van der Waals surface area contributed by atoms with Crippen LogP contribution in [-0.2, 0) is 10.0 Å². The zero-order chi connectivity index (χ0) is 13.3. The van der Waals surface area contributed by atoms with Crippen LogP contribution in [0.5, 0.6) is 0 Å². The van der Waals surface area contributed by atoms with Crippen LogP contribution in [0.25, 0.3) is 0 Å². The molecule has 1 saturated heterocycles. The van der Waals surface area contributed by atoms with Gasteiger partial charge in [-0.3, -0.25) is 0 Å². The first-order valence-corrected chi connectivity index (χ1v) is 7.04. The third kappa shape index (κ3) is 3.42. The van der Waals surface area contributed by atoms with Crippen molar-refractivity contribution < 1.29 is 17.2 Å². The molecule has 1 aliphatic heterocycles. The number of benzene rings is 1. The number of hydrogen-bond donors (Lipinski definition) is 1. The van der Waals surface area contributed by atoms with Gasteiger partial charge in [-0.05, 0) is 25.1 Å². The zero-order valence-electron chi connectivity index (χ0n) is 10.3. The molecule has 1 N–H and O–H groups in total. The lowest BCUT2D eigenvalue weighted by Crippen LogP contribution is -2.51. The molecule has 0 aliphatic carbocycles. The summed E-state index contributed by atoms with van der Waals surface area (Å²) in [6.45, 7) is 3.06. The van der Waals surface area contributed by atoms with Gasteiger partial charge in [0.05, 0.1) is 4.90 Å². The fraction of sp³-hybridized carbons (Fsp3) is 0.455. The first-order valence-electron chi connectivity index (χ1n) is 5.60. The molecule has 0 saturated carbocycles. The molecule has 0 radical (unpaired) electrons. The molecule has 19 heavy (non-hydrogen) atoms. The highest BCUT2D eigenvalue weighted by Gasteiger charge is 2.28. The number of piperazine rings is 1. The van der Waals surface area contributed by atoms with Crippen LogP contribution in [-0.4, -0.2) is 38.4 Å². The summed E-state index contributed by atoms with van der Waals surface area (Å²) >= 11 is 0. The van der Waals surface area contributed by atoms with Crippen molar-refractivity contribution in [1.82, 2.24) is 9.62 Å². The lowest BCUT2D eigenvalue weighted by molar-refractivity contribution is 0.310. The van der Waals surface area contributed by atoms with Gasteiger partial charge in [0.2, 0.25) is 10.0 Å². The second-order valence-corrected chi connectivity index (χ2v) is 6.23. The van der Waals surface area contributed by atoms with E-state index in [1.807, 2.05) is 6.92 Å². The fourth-order valence-electron chi connectivity index (χ4n) is 1.90. The standard InChI is InChI=1S/C11H14F2N2O2S.ClH/c1-8-7-15(5-4-14-8)18(16,17)9-2-3-10(12)11(13)6-9;/h2-3,6,8,14H,4-5,7H2,1H3;1H/t8-;/m0./s1. The van der Waals surface area contributed by atoms with Crippen molar-refractivity contribution in [3.05, 3.63) is 29.8 Å². The van der Waals surface area contributed by atoms with Gasteiger partial charge in [0, 0.05) is 25.7 Å². The molecule has 0 unspecified atom stereocenters. The van der Waals surface area contributed by atoms with Crippen molar-refractivity contribution >= 4 is 22.4 Å². The molecule has 8 heteroatoms. The molecule has 108 valence electrons. The van der Waals surface area contributed by atoms with E-state index in [4.69, 9.17) is 0 Å². The highest BCUT2D eigenvalue weighted by atomic mass is 35.5. The van der Waals surface area contributed by atoms with Gasteiger partial charge in [0.15, 0.2) is 11.6 Å². The van der Waals surface area contributed by atoms with Crippen molar-refractivity contribution in [3.8, 4) is 0 Å². The Morgan fingerprint density at radius 1 is 1.32 bits per heavy atom. The van der Waals surface area contributed by atoms with Crippen LogP contribution in [0.2, 0.25) is 0 Å². The molecule has 2 rings (SSSR count). The van der Waals surface area contributed by atoms with E-state index < -0.39 is 21.7 Å². The normalized spacial score (nSPS) is 20.9. The monoisotopic (exact) mass is 312 g/mol. The number of nitrogens with one attached hydrogen (secondary N) is 1. The summed E-state index contributed by atoms with van der Waals surface area (Å²) in [6, 6.07) is 2.67. The molecule has 1 atom stereocenters. The van der Waals surface area contributed by atoms with Crippen molar-refractivity contribution in [1.29, 1.82) is 0 Å². The van der Waals surface area contributed by atoms with Crippen LogP contribution < -0.4 is 5.32 Å². The van der Waals surface area contributed by atoms with E-state index in [0.717, 1.165) is 18.2 Å². The Balaban J connectivity index is 0.00000180. The third-order valence-corrected chi connectivity index (χ3v) is 4.72. The summed E-state index contributed by atoms with van der Waals surface area (Å²) in [4.78, 5) is -0.212. The van der Waals surface area contributed by atoms with Crippen LogP contribution in [0.15, 0.2) is 23.1 Å². The first kappa shape index (κ1) is 16.3. The van der Waals surface area contributed by atoms with Gasteiger partial charge in [-0.25, -0.2) is 17.2 Å². The number of hydrogen-bond acceptors (Lipinski definition) is 3. The van der Waals surface area contributed by atoms with Crippen molar-refractivity contribution in [3.63, 3.8) is 0 Å². The lowest BCUT2D eigenvalue weighted by Gasteiger charge is -2.30. The molecule has 0 spiro atoms. The summed E-state index contributed by atoms with van der Waals surface area (Å²) in [5.74, 6) is -2.21. The number of halogens is 3. The van der Waals surface area contributed by atoms with Crippen molar-refractivity contribution in [2.45, 2.75) is 17.9 Å². The molecular weight excluding hydrogens is 298 g/mol. The maximum atomic E-state index is 13.1. The minimum Gasteiger partial charge on any atom is -0.312 e. The fourth-order valence-corrected chi connectivity index (χ4v) is 3.44. The van der Waals surface area contributed by atoms with Gasteiger partial charge >= 0.3 is 0 Å². The molecule has 0 amide bonds. The largest absolute Gasteiger partial charge is 0.312 e. The van der Waals surface area contributed by atoms with Crippen molar-refractivity contribution in [2.75, 3.05) is 19.6 Å². The number of rotatable bonds is 2. The second kappa shape index (κ2) is 6.13. The van der Waals surface area contributed by atoms with Crippen LogP contribution >= 0.6 is 12.4 Å². The predicted molar refractivity (Wildman–Crippen MR) is 69.8 cm³/mol. The zero-order valence-corrected chi connectivity index (χ0v) is 11.9. The topological polar surface area (TPSA) is 49.4 Å². The van der Waals surface area contributed by atoms with E-state index in [1.54, 1.807) is 0 Å². The van der Waals surface area contributed by atoms with Crippen LogP contribution in [0.4, 0.5) is 8.78 Å². The number of sulfonamides is 1. The maximum absolute atomic E-state index is 13.1. The van der Waals surface area contributed by atoms with Crippen LogP contribution in [0.3, 0.4) is 0 Å². The molecule has 1 heterocycles. The van der Waals surface area contributed by atoms with Gasteiger partial charge in [-0.2, -0.15) is 4.31 Å². The summed E-state index contributed by atoms with van der Waals surface area (Å²) in [6.07, 6.45) is 0. The first-order chi connectivity index (χ1) is 8.41. The Kier molecular flexibility index (Phi) is 5.26. The van der Waals surface area contributed by atoms with Crippen LogP contribution in [0, 0.1) is 11.6 Å². The summed E-state index contributed by atoms with van der Waals surface area (Å²) in [7, 11) is -3.75. The molecule has 0 aromatic heterocycles. The SMILES string of the molecule is C[C@H]1CN(S(=O)(=O)c2ccc(F)c(F)c2)CCN1.Cl. The Morgan fingerprint density at radius 2 is 2.00 bits per heavy atom. The summed E-state index contributed by atoms with van der Waals surface area (Å²) in [5.41, 5.74) is 0. The minimum absolute atomic E-state index is 0. The van der Waals surface area contributed by atoms with Gasteiger partial charge in [-0.1, -0.05) is 0 Å².